The van der Waals surface area contributed by atoms with Gasteiger partial charge in [-0.3, -0.25) is 11.3 Å². The zero-order chi connectivity index (χ0) is 13.1. The number of hydrogen-bond donors (Lipinski definition) is 2. The van der Waals surface area contributed by atoms with Crippen LogP contribution >= 0.6 is 15.9 Å². The van der Waals surface area contributed by atoms with E-state index in [0.717, 1.165) is 0 Å². The third-order valence-electron chi connectivity index (χ3n) is 2.69. The Hall–Kier alpha value is -1.24. The normalized spacial score (nSPS) is 12.7. The third-order valence-corrected chi connectivity index (χ3v) is 3.34. The van der Waals surface area contributed by atoms with Gasteiger partial charge in [-0.05, 0) is 40.5 Å². The van der Waals surface area contributed by atoms with Crippen LogP contribution in [0.1, 0.15) is 17.2 Å². The highest BCUT2D eigenvalue weighted by Gasteiger charge is 2.19. The third kappa shape index (κ3) is 2.60. The molecule has 0 aliphatic carbocycles. The molecule has 1 heterocycles. The first-order valence-corrected chi connectivity index (χ1v) is 6.04. The molecule has 18 heavy (non-hydrogen) atoms. The van der Waals surface area contributed by atoms with Crippen molar-refractivity contribution in [3.63, 3.8) is 0 Å². The van der Waals surface area contributed by atoms with Crippen LogP contribution in [0.2, 0.25) is 0 Å². The molecule has 1 aromatic heterocycles. The largest absolute Gasteiger partial charge is 0.457 e. The summed E-state index contributed by atoms with van der Waals surface area (Å²) in [5.41, 5.74) is 3.23. The Morgan fingerprint density at radius 3 is 2.44 bits per heavy atom. The van der Waals surface area contributed by atoms with E-state index in [1.54, 1.807) is 6.07 Å². The maximum Gasteiger partial charge on any atom is 0.173 e. The van der Waals surface area contributed by atoms with E-state index in [0.29, 0.717) is 10.2 Å². The molecule has 3 N–H and O–H groups in total. The van der Waals surface area contributed by atoms with Gasteiger partial charge >= 0.3 is 0 Å². The van der Waals surface area contributed by atoms with Crippen molar-refractivity contribution in [2.24, 2.45) is 5.84 Å². The predicted molar refractivity (Wildman–Crippen MR) is 66.5 cm³/mol. The first-order chi connectivity index (χ1) is 8.63. The Bertz CT molecular complexity index is 524. The molecule has 2 rings (SSSR count). The van der Waals surface area contributed by atoms with E-state index in [2.05, 4.69) is 21.4 Å². The van der Waals surface area contributed by atoms with E-state index >= 15 is 0 Å². The van der Waals surface area contributed by atoms with Gasteiger partial charge in [-0.25, -0.2) is 8.78 Å². The second-order valence-corrected chi connectivity index (χ2v) is 4.49. The van der Waals surface area contributed by atoms with Crippen LogP contribution in [0.3, 0.4) is 0 Å². The molecule has 0 aliphatic rings. The highest BCUT2D eigenvalue weighted by atomic mass is 79.9. The van der Waals surface area contributed by atoms with Crippen molar-refractivity contribution in [2.75, 3.05) is 0 Å². The van der Waals surface area contributed by atoms with Gasteiger partial charge in [-0.15, -0.1) is 0 Å². The van der Waals surface area contributed by atoms with Crippen LogP contribution in [0.15, 0.2) is 39.6 Å². The molecule has 1 aromatic carbocycles. The van der Waals surface area contributed by atoms with E-state index in [1.165, 1.54) is 24.5 Å². The van der Waals surface area contributed by atoms with Gasteiger partial charge in [0.25, 0.3) is 0 Å². The van der Waals surface area contributed by atoms with E-state index in [-0.39, 0.29) is 12.0 Å². The molecule has 0 spiro atoms. The van der Waals surface area contributed by atoms with Gasteiger partial charge in [0.05, 0.1) is 12.3 Å². The van der Waals surface area contributed by atoms with Crippen LogP contribution in [-0.2, 0) is 6.42 Å². The molecule has 0 bridgehead atoms. The van der Waals surface area contributed by atoms with Crippen molar-refractivity contribution in [3.8, 4) is 0 Å². The second kappa shape index (κ2) is 5.60. The second-order valence-electron chi connectivity index (χ2n) is 3.77. The highest BCUT2D eigenvalue weighted by Crippen LogP contribution is 2.28. The van der Waals surface area contributed by atoms with E-state index in [4.69, 9.17) is 10.3 Å². The van der Waals surface area contributed by atoms with Crippen LogP contribution in [0.5, 0.6) is 0 Å². The van der Waals surface area contributed by atoms with Crippen molar-refractivity contribution in [1.29, 1.82) is 0 Å². The lowest BCUT2D eigenvalue weighted by atomic mass is 10.0. The van der Waals surface area contributed by atoms with E-state index < -0.39 is 17.7 Å². The summed E-state index contributed by atoms with van der Waals surface area (Å²) < 4.78 is 32.7. The Balaban J connectivity index is 2.29. The summed E-state index contributed by atoms with van der Waals surface area (Å²) in [4.78, 5) is 0. The number of nitrogens with two attached hydrogens (primary N) is 1. The highest BCUT2D eigenvalue weighted by molar-refractivity contribution is 9.10. The number of hydrogen-bond acceptors (Lipinski definition) is 3. The summed E-state index contributed by atoms with van der Waals surface area (Å²) in [5.74, 6) is 4.25. The van der Waals surface area contributed by atoms with Crippen molar-refractivity contribution in [3.05, 3.63) is 58.0 Å². The van der Waals surface area contributed by atoms with Crippen LogP contribution in [0.25, 0.3) is 0 Å². The van der Waals surface area contributed by atoms with Crippen LogP contribution < -0.4 is 11.3 Å². The fourth-order valence-corrected chi connectivity index (χ4v) is 2.26. The summed E-state index contributed by atoms with van der Waals surface area (Å²) in [6.45, 7) is 0. The summed E-state index contributed by atoms with van der Waals surface area (Å²) in [6, 6.07) is 5.01. The van der Waals surface area contributed by atoms with Crippen molar-refractivity contribution < 1.29 is 13.2 Å². The summed E-state index contributed by atoms with van der Waals surface area (Å²) in [7, 11) is 0. The van der Waals surface area contributed by atoms with Gasteiger partial charge in [0.15, 0.2) is 4.67 Å². The number of halogens is 3. The molecule has 3 nitrogen and oxygen atoms in total. The lowest BCUT2D eigenvalue weighted by Crippen LogP contribution is -2.30. The standard InChI is InChI=1S/C12H11BrF2N2O/c13-12-7(4-5-18-12)11(17-16)6-8-9(14)2-1-3-10(8)15/h1-5,11,17H,6,16H2. The zero-order valence-electron chi connectivity index (χ0n) is 9.29. The molecule has 6 heteroatoms. The van der Waals surface area contributed by atoms with Crippen LogP contribution in [-0.4, -0.2) is 0 Å². The predicted octanol–water partition coefficient (Wildman–Crippen LogP) is 3.07. The van der Waals surface area contributed by atoms with Gasteiger partial charge < -0.3 is 4.42 Å². The number of benzene rings is 1. The molecule has 0 fully saturated rings. The van der Waals surface area contributed by atoms with Crippen molar-refractivity contribution in [1.82, 2.24) is 5.43 Å². The minimum atomic E-state index is -0.588. The van der Waals surface area contributed by atoms with E-state index in [1.807, 2.05) is 0 Å². The average Bonchev–Trinajstić information content (AvgIpc) is 2.76. The van der Waals surface area contributed by atoms with Gasteiger partial charge in [-0.2, -0.15) is 0 Å². The molecule has 96 valence electrons. The van der Waals surface area contributed by atoms with Crippen molar-refractivity contribution >= 4 is 15.9 Å². The van der Waals surface area contributed by atoms with Gasteiger partial charge in [0.1, 0.15) is 11.6 Å². The Labute approximate surface area is 111 Å². The average molecular weight is 317 g/mol. The number of furan rings is 1. The molecule has 0 aliphatic heterocycles. The lowest BCUT2D eigenvalue weighted by Gasteiger charge is -2.15. The lowest BCUT2D eigenvalue weighted by molar-refractivity contribution is 0.484. The van der Waals surface area contributed by atoms with Gasteiger partial charge in [-0.1, -0.05) is 6.07 Å². The first-order valence-electron chi connectivity index (χ1n) is 5.25. The van der Waals surface area contributed by atoms with Crippen LogP contribution in [0.4, 0.5) is 8.78 Å². The van der Waals surface area contributed by atoms with Gasteiger partial charge in [0, 0.05) is 11.1 Å². The number of hydrazine groups is 1. The quantitative estimate of drug-likeness (QED) is 0.673. The fourth-order valence-electron chi connectivity index (χ4n) is 1.74. The maximum absolute atomic E-state index is 13.5. The Kier molecular flexibility index (Phi) is 4.11. The molecular weight excluding hydrogens is 306 g/mol. The SMILES string of the molecule is NNC(Cc1c(F)cccc1F)c1ccoc1Br. The minimum Gasteiger partial charge on any atom is -0.457 e. The van der Waals surface area contributed by atoms with Crippen molar-refractivity contribution in [2.45, 2.75) is 12.5 Å². The Morgan fingerprint density at radius 2 is 1.94 bits per heavy atom. The molecule has 1 atom stereocenters. The summed E-state index contributed by atoms with van der Waals surface area (Å²) >= 11 is 3.21. The molecule has 0 saturated heterocycles. The summed E-state index contributed by atoms with van der Waals surface area (Å²) in [6.07, 6.45) is 1.56. The number of nitrogens with one attached hydrogen (secondary N) is 1. The monoisotopic (exact) mass is 316 g/mol. The smallest absolute Gasteiger partial charge is 0.173 e. The Morgan fingerprint density at radius 1 is 1.28 bits per heavy atom. The molecule has 0 saturated carbocycles. The van der Waals surface area contributed by atoms with E-state index in [9.17, 15) is 8.78 Å². The molecule has 0 radical (unpaired) electrons. The molecule has 2 aromatic rings. The molecular formula is C12H11BrF2N2O. The topological polar surface area (TPSA) is 51.2 Å². The summed E-state index contributed by atoms with van der Waals surface area (Å²) in [5, 5.41) is 0. The maximum atomic E-state index is 13.5. The fraction of sp³-hybridized carbons (Fsp3) is 0.167. The van der Waals surface area contributed by atoms with Gasteiger partial charge in [0.2, 0.25) is 0 Å². The minimum absolute atomic E-state index is 0.00597. The number of rotatable bonds is 4. The van der Waals surface area contributed by atoms with Crippen LogP contribution in [0, 0.1) is 11.6 Å². The molecule has 0 amide bonds. The first kappa shape index (κ1) is 13.2. The molecule has 1 unspecified atom stereocenters. The zero-order valence-corrected chi connectivity index (χ0v) is 10.9.